The number of carbonyl (C=O) groups excluding carboxylic acids is 1. The second-order valence-corrected chi connectivity index (χ2v) is 3.43. The van der Waals surface area contributed by atoms with E-state index in [0.717, 1.165) is 12.1 Å². The molecular weight excluding hydrogens is 233 g/mol. The lowest BCUT2D eigenvalue weighted by Gasteiger charge is -2.16. The topological polar surface area (TPSA) is 26.3 Å². The second-order valence-electron chi connectivity index (χ2n) is 3.43. The summed E-state index contributed by atoms with van der Waals surface area (Å²) in [6.45, 7) is 4.99. The van der Waals surface area contributed by atoms with Crippen molar-refractivity contribution in [2.75, 3.05) is 0 Å². The number of carbonyl (C=O) groups is 1. The van der Waals surface area contributed by atoms with Crippen LogP contribution in [-0.2, 0) is 6.18 Å². The van der Waals surface area contributed by atoms with E-state index < -0.39 is 17.8 Å². The maximum atomic E-state index is 12.7. The molecule has 5 heteroatoms. The van der Waals surface area contributed by atoms with Crippen molar-refractivity contribution in [2.45, 2.75) is 19.2 Å². The van der Waals surface area contributed by atoms with Crippen LogP contribution in [0.1, 0.15) is 22.8 Å². The number of aldehydes is 1. The van der Waals surface area contributed by atoms with Crippen LogP contribution in [0.15, 0.2) is 30.9 Å². The van der Waals surface area contributed by atoms with E-state index in [1.54, 1.807) is 6.92 Å². The first-order chi connectivity index (χ1) is 7.88. The molecule has 1 aromatic carbocycles. The molecule has 1 aromatic rings. The number of hydrogen-bond acceptors (Lipinski definition) is 2. The average molecular weight is 244 g/mol. The number of benzene rings is 1. The van der Waals surface area contributed by atoms with E-state index in [2.05, 4.69) is 6.58 Å². The lowest BCUT2D eigenvalue weighted by Crippen LogP contribution is -2.14. The van der Waals surface area contributed by atoms with Crippen LogP contribution in [0.5, 0.6) is 5.75 Å². The first-order valence-corrected chi connectivity index (χ1v) is 4.84. The molecule has 0 radical (unpaired) electrons. The van der Waals surface area contributed by atoms with Gasteiger partial charge in [0.05, 0.1) is 5.56 Å². The highest BCUT2D eigenvalue weighted by Gasteiger charge is 2.34. The third kappa shape index (κ3) is 3.34. The number of ether oxygens (including phenoxy) is 1. The standard InChI is InChI=1S/C12H11F3O2/c1-3-8(2)17-11-5-4-9(7-16)6-10(11)12(13,14)15/h3-8H,1H2,2H3. The molecule has 92 valence electrons. The van der Waals surface area contributed by atoms with Crippen molar-refractivity contribution in [2.24, 2.45) is 0 Å². The Bertz CT molecular complexity index is 424. The Labute approximate surface area is 96.7 Å². The van der Waals surface area contributed by atoms with Gasteiger partial charge in [-0.1, -0.05) is 12.7 Å². The highest BCUT2D eigenvalue weighted by molar-refractivity contribution is 5.75. The van der Waals surface area contributed by atoms with Gasteiger partial charge in [-0.15, -0.1) is 0 Å². The fraction of sp³-hybridized carbons (Fsp3) is 0.250. The summed E-state index contributed by atoms with van der Waals surface area (Å²) in [5.41, 5.74) is -1.01. The molecule has 0 aliphatic carbocycles. The summed E-state index contributed by atoms with van der Waals surface area (Å²) < 4.78 is 43.2. The van der Waals surface area contributed by atoms with Gasteiger partial charge in [-0.2, -0.15) is 13.2 Å². The van der Waals surface area contributed by atoms with Crippen LogP contribution in [0.4, 0.5) is 13.2 Å². The van der Waals surface area contributed by atoms with Gasteiger partial charge in [0, 0.05) is 5.56 Å². The van der Waals surface area contributed by atoms with E-state index in [4.69, 9.17) is 4.74 Å². The van der Waals surface area contributed by atoms with Crippen LogP contribution >= 0.6 is 0 Å². The van der Waals surface area contributed by atoms with Crippen LogP contribution in [0.25, 0.3) is 0 Å². The van der Waals surface area contributed by atoms with Crippen LogP contribution in [-0.4, -0.2) is 12.4 Å². The predicted molar refractivity (Wildman–Crippen MR) is 57.1 cm³/mol. The molecule has 0 bridgehead atoms. The Kier molecular flexibility index (Phi) is 3.93. The summed E-state index contributed by atoms with van der Waals surface area (Å²) in [6, 6.07) is 3.16. The number of halogens is 3. The summed E-state index contributed by atoms with van der Waals surface area (Å²) >= 11 is 0. The van der Waals surface area contributed by atoms with Crippen molar-refractivity contribution in [1.82, 2.24) is 0 Å². The number of alkyl halides is 3. The molecule has 0 aliphatic rings. The Morgan fingerprint density at radius 2 is 2.06 bits per heavy atom. The minimum absolute atomic E-state index is 0.0454. The molecule has 0 heterocycles. The van der Waals surface area contributed by atoms with E-state index in [0.29, 0.717) is 6.29 Å². The Morgan fingerprint density at radius 1 is 1.41 bits per heavy atom. The molecule has 0 amide bonds. The average Bonchev–Trinajstić information content (AvgIpc) is 2.28. The molecule has 1 unspecified atom stereocenters. The van der Waals surface area contributed by atoms with E-state index in [1.165, 1.54) is 12.1 Å². The largest absolute Gasteiger partial charge is 0.486 e. The fourth-order valence-corrected chi connectivity index (χ4v) is 1.19. The summed E-state index contributed by atoms with van der Waals surface area (Å²) in [4.78, 5) is 10.5. The minimum atomic E-state index is -4.56. The Balaban J connectivity index is 3.20. The lowest BCUT2D eigenvalue weighted by atomic mass is 10.1. The van der Waals surface area contributed by atoms with Gasteiger partial charge < -0.3 is 4.74 Å². The first-order valence-electron chi connectivity index (χ1n) is 4.84. The zero-order chi connectivity index (χ0) is 13.1. The molecule has 1 atom stereocenters. The normalized spacial score (nSPS) is 12.9. The minimum Gasteiger partial charge on any atom is -0.486 e. The van der Waals surface area contributed by atoms with Crippen molar-refractivity contribution in [3.05, 3.63) is 42.0 Å². The fourth-order valence-electron chi connectivity index (χ4n) is 1.19. The van der Waals surface area contributed by atoms with Crippen molar-refractivity contribution in [1.29, 1.82) is 0 Å². The van der Waals surface area contributed by atoms with Crippen LogP contribution in [0.2, 0.25) is 0 Å². The summed E-state index contributed by atoms with van der Waals surface area (Å²) in [6.07, 6.45) is -3.36. The van der Waals surface area contributed by atoms with Gasteiger partial charge in [0.1, 0.15) is 18.1 Å². The maximum Gasteiger partial charge on any atom is 0.419 e. The molecule has 0 aliphatic heterocycles. The molecule has 0 fully saturated rings. The number of rotatable bonds is 4. The van der Waals surface area contributed by atoms with Crippen LogP contribution < -0.4 is 4.74 Å². The van der Waals surface area contributed by atoms with Gasteiger partial charge in [0.25, 0.3) is 0 Å². The van der Waals surface area contributed by atoms with Gasteiger partial charge in [-0.05, 0) is 25.1 Å². The lowest BCUT2D eigenvalue weighted by molar-refractivity contribution is -0.139. The maximum absolute atomic E-state index is 12.7. The Morgan fingerprint density at radius 3 is 2.53 bits per heavy atom. The van der Waals surface area contributed by atoms with Gasteiger partial charge in [0.15, 0.2) is 0 Å². The van der Waals surface area contributed by atoms with Gasteiger partial charge in [-0.25, -0.2) is 0 Å². The molecule has 1 rings (SSSR count). The van der Waals surface area contributed by atoms with Crippen molar-refractivity contribution < 1.29 is 22.7 Å². The summed E-state index contributed by atoms with van der Waals surface area (Å²) in [5, 5.41) is 0. The summed E-state index contributed by atoms with van der Waals surface area (Å²) in [7, 11) is 0. The smallest absolute Gasteiger partial charge is 0.419 e. The molecular formula is C12H11F3O2. The second kappa shape index (κ2) is 5.03. The third-order valence-corrected chi connectivity index (χ3v) is 2.09. The summed E-state index contributed by atoms with van der Waals surface area (Å²) in [5.74, 6) is -0.310. The highest BCUT2D eigenvalue weighted by atomic mass is 19.4. The molecule has 2 nitrogen and oxygen atoms in total. The SMILES string of the molecule is C=CC(C)Oc1ccc(C=O)cc1C(F)(F)F. The van der Waals surface area contributed by atoms with Crippen molar-refractivity contribution >= 4 is 6.29 Å². The van der Waals surface area contributed by atoms with Gasteiger partial charge >= 0.3 is 6.18 Å². The van der Waals surface area contributed by atoms with E-state index in [-0.39, 0.29) is 11.3 Å². The predicted octanol–water partition coefficient (Wildman–Crippen LogP) is 3.47. The third-order valence-electron chi connectivity index (χ3n) is 2.09. The van der Waals surface area contributed by atoms with E-state index in [9.17, 15) is 18.0 Å². The molecule has 0 aromatic heterocycles. The molecule has 17 heavy (non-hydrogen) atoms. The monoisotopic (exact) mass is 244 g/mol. The highest BCUT2D eigenvalue weighted by Crippen LogP contribution is 2.37. The number of hydrogen-bond donors (Lipinski definition) is 0. The zero-order valence-electron chi connectivity index (χ0n) is 9.12. The van der Waals surface area contributed by atoms with E-state index >= 15 is 0 Å². The molecule has 0 saturated heterocycles. The van der Waals surface area contributed by atoms with Crippen molar-refractivity contribution in [3.63, 3.8) is 0 Å². The molecule has 0 saturated carbocycles. The molecule has 0 spiro atoms. The van der Waals surface area contributed by atoms with Crippen molar-refractivity contribution in [3.8, 4) is 5.75 Å². The quantitative estimate of drug-likeness (QED) is 0.598. The van der Waals surface area contributed by atoms with E-state index in [1.807, 2.05) is 0 Å². The molecule has 0 N–H and O–H groups in total. The van der Waals surface area contributed by atoms with Gasteiger partial charge in [0.2, 0.25) is 0 Å². The Hall–Kier alpha value is -1.78. The first kappa shape index (κ1) is 13.3. The zero-order valence-corrected chi connectivity index (χ0v) is 9.12. The van der Waals surface area contributed by atoms with Gasteiger partial charge in [-0.3, -0.25) is 4.79 Å². The van der Waals surface area contributed by atoms with Crippen LogP contribution in [0, 0.1) is 0 Å². The van der Waals surface area contributed by atoms with Crippen LogP contribution in [0.3, 0.4) is 0 Å².